The van der Waals surface area contributed by atoms with Gasteiger partial charge in [-0.15, -0.1) is 0 Å². The number of hydrogen-bond donors (Lipinski definition) is 2. The van der Waals surface area contributed by atoms with E-state index in [2.05, 4.69) is 10.0 Å². The quantitative estimate of drug-likeness (QED) is 0.502. The summed E-state index contributed by atoms with van der Waals surface area (Å²) in [6.45, 7) is 0.102. The summed E-state index contributed by atoms with van der Waals surface area (Å²) in [5, 5.41) is 2.97. The first-order valence-corrected chi connectivity index (χ1v) is 11.8. The van der Waals surface area contributed by atoms with Crippen molar-refractivity contribution >= 4 is 33.2 Å². The number of carbonyl (C=O) groups is 1. The number of sulfonamides is 1. The molecule has 10 heteroatoms. The largest absolute Gasteiger partial charge is 0.495 e. The van der Waals surface area contributed by atoms with Crippen molar-refractivity contribution in [2.24, 2.45) is 0 Å². The Labute approximate surface area is 196 Å². The van der Waals surface area contributed by atoms with E-state index in [0.717, 1.165) is 5.56 Å². The molecule has 0 aliphatic carbocycles. The maximum atomic E-state index is 13.2. The van der Waals surface area contributed by atoms with Crippen molar-refractivity contribution in [2.45, 2.75) is 17.4 Å². The van der Waals surface area contributed by atoms with Gasteiger partial charge in [-0.1, -0.05) is 41.9 Å². The van der Waals surface area contributed by atoms with Crippen LogP contribution in [0.25, 0.3) is 0 Å². The zero-order valence-electron chi connectivity index (χ0n) is 17.6. The van der Waals surface area contributed by atoms with Crippen LogP contribution in [0.3, 0.4) is 0 Å². The zero-order chi connectivity index (χ0) is 23.4. The lowest BCUT2D eigenvalue weighted by atomic mass is 10.1. The van der Waals surface area contributed by atoms with Gasteiger partial charge in [-0.3, -0.25) is 4.79 Å². The molecule has 1 amide bonds. The van der Waals surface area contributed by atoms with Gasteiger partial charge >= 0.3 is 0 Å². The highest BCUT2D eigenvalue weighted by atomic mass is 35.5. The zero-order valence-corrected chi connectivity index (χ0v) is 19.2. The number of methoxy groups -OCH3 is 1. The number of halogens is 1. The van der Waals surface area contributed by atoms with E-state index in [-0.39, 0.29) is 28.9 Å². The Morgan fingerprint density at radius 2 is 1.82 bits per heavy atom. The predicted molar refractivity (Wildman–Crippen MR) is 123 cm³/mol. The highest BCUT2D eigenvalue weighted by Gasteiger charge is 2.29. The van der Waals surface area contributed by atoms with Gasteiger partial charge in [0.15, 0.2) is 11.5 Å². The summed E-state index contributed by atoms with van der Waals surface area (Å²) >= 11 is 6.01. The molecule has 0 aromatic heterocycles. The molecule has 0 fully saturated rings. The summed E-state index contributed by atoms with van der Waals surface area (Å²) in [6, 6.07) is 17.2. The molecule has 3 aromatic carbocycles. The molecule has 1 aliphatic rings. The van der Waals surface area contributed by atoms with Gasteiger partial charge in [0.05, 0.1) is 7.11 Å². The first-order chi connectivity index (χ1) is 15.9. The summed E-state index contributed by atoms with van der Waals surface area (Å²) in [4.78, 5) is 13.0. The Morgan fingerprint density at radius 1 is 1.06 bits per heavy atom. The molecule has 1 heterocycles. The molecule has 2 N–H and O–H groups in total. The number of anilines is 1. The third kappa shape index (κ3) is 5.39. The van der Waals surface area contributed by atoms with Crippen LogP contribution in [0.5, 0.6) is 17.2 Å². The van der Waals surface area contributed by atoms with Gasteiger partial charge in [0.1, 0.15) is 16.7 Å². The highest BCUT2D eigenvalue weighted by Crippen LogP contribution is 2.34. The van der Waals surface area contributed by atoms with E-state index in [1.54, 1.807) is 18.2 Å². The fourth-order valence-corrected chi connectivity index (χ4v) is 4.98. The number of hydrogen-bond acceptors (Lipinski definition) is 6. The minimum absolute atomic E-state index is 0.102. The van der Waals surface area contributed by atoms with Crippen LogP contribution in [0.15, 0.2) is 71.6 Å². The molecule has 3 aromatic rings. The molecule has 0 unspecified atom stereocenters. The van der Waals surface area contributed by atoms with Crippen LogP contribution in [0.4, 0.5) is 5.69 Å². The fraction of sp³-hybridized carbons (Fsp3) is 0.174. The molecular formula is C23H21ClN2O6S. The maximum absolute atomic E-state index is 13.2. The van der Waals surface area contributed by atoms with Gasteiger partial charge in [0.25, 0.3) is 0 Å². The van der Waals surface area contributed by atoms with Gasteiger partial charge in [0.2, 0.25) is 22.7 Å². The molecule has 0 spiro atoms. The number of carbonyl (C=O) groups excluding carboxylic acids is 1. The van der Waals surface area contributed by atoms with Crippen LogP contribution in [0.1, 0.15) is 5.56 Å². The van der Waals surface area contributed by atoms with Crippen molar-refractivity contribution < 1.29 is 27.4 Å². The molecule has 0 saturated heterocycles. The third-order valence-electron chi connectivity index (χ3n) is 4.95. The topological polar surface area (TPSA) is 103 Å². The molecular weight excluding hydrogens is 468 g/mol. The summed E-state index contributed by atoms with van der Waals surface area (Å²) < 4.78 is 44.7. The van der Waals surface area contributed by atoms with Crippen LogP contribution in [0, 0.1) is 0 Å². The summed E-state index contributed by atoms with van der Waals surface area (Å²) in [5.41, 5.74) is 1.23. The molecule has 1 atom stereocenters. The number of amides is 1. The molecule has 33 heavy (non-hydrogen) atoms. The summed E-state index contributed by atoms with van der Waals surface area (Å²) in [7, 11) is -2.80. The number of benzene rings is 3. The van der Waals surface area contributed by atoms with Crippen molar-refractivity contribution in [1.29, 1.82) is 0 Å². The minimum Gasteiger partial charge on any atom is -0.495 e. The summed E-state index contributed by atoms with van der Waals surface area (Å²) in [6.07, 6.45) is 0.124. The van der Waals surface area contributed by atoms with E-state index in [1.165, 1.54) is 25.3 Å². The van der Waals surface area contributed by atoms with Crippen LogP contribution in [-0.2, 0) is 21.2 Å². The van der Waals surface area contributed by atoms with E-state index in [9.17, 15) is 13.2 Å². The van der Waals surface area contributed by atoms with Crippen molar-refractivity contribution in [3.8, 4) is 17.2 Å². The lowest BCUT2D eigenvalue weighted by Crippen LogP contribution is -2.45. The van der Waals surface area contributed by atoms with Gasteiger partial charge in [0, 0.05) is 16.8 Å². The van der Waals surface area contributed by atoms with Gasteiger partial charge in [-0.05, 0) is 42.3 Å². The normalized spacial score (nSPS) is 13.4. The van der Waals surface area contributed by atoms with E-state index >= 15 is 0 Å². The molecule has 8 nitrogen and oxygen atoms in total. The van der Waals surface area contributed by atoms with Crippen molar-refractivity contribution in [3.05, 3.63) is 77.3 Å². The number of fused-ring (bicyclic) bond motifs is 1. The smallest absolute Gasteiger partial charge is 0.245 e. The predicted octanol–water partition coefficient (Wildman–Crippen LogP) is 3.61. The number of ether oxygens (including phenoxy) is 3. The average molecular weight is 489 g/mol. The first kappa shape index (κ1) is 22.9. The van der Waals surface area contributed by atoms with Crippen LogP contribution >= 0.6 is 11.6 Å². The number of rotatable bonds is 8. The van der Waals surface area contributed by atoms with Gasteiger partial charge < -0.3 is 19.5 Å². The van der Waals surface area contributed by atoms with Crippen LogP contribution in [-0.4, -0.2) is 34.3 Å². The second-order valence-corrected chi connectivity index (χ2v) is 9.33. The molecule has 1 aliphatic heterocycles. The van der Waals surface area contributed by atoms with Crippen molar-refractivity contribution in [3.63, 3.8) is 0 Å². The average Bonchev–Trinajstić information content (AvgIpc) is 3.27. The Hall–Kier alpha value is -3.27. The standard InChI is InChI=1S/C23H21ClN2O6S/c1-30-20-9-7-16(24)12-22(20)33(28,29)26-18(11-15-5-3-2-4-6-15)23(27)25-17-8-10-19-21(13-17)32-14-31-19/h2-10,12-13,18,26H,11,14H2,1H3,(H,25,27)/t18-/m0/s1. The Kier molecular flexibility index (Phi) is 6.73. The molecule has 0 saturated carbocycles. The number of nitrogens with one attached hydrogen (secondary N) is 2. The molecule has 4 rings (SSSR count). The molecule has 172 valence electrons. The molecule has 0 radical (unpaired) electrons. The Bertz CT molecular complexity index is 1270. The second-order valence-electron chi connectivity index (χ2n) is 7.22. The van der Waals surface area contributed by atoms with E-state index in [4.69, 9.17) is 25.8 Å². The highest BCUT2D eigenvalue weighted by molar-refractivity contribution is 7.89. The lowest BCUT2D eigenvalue weighted by molar-refractivity contribution is -0.117. The fourth-order valence-electron chi connectivity index (χ4n) is 3.35. The minimum atomic E-state index is -4.16. The lowest BCUT2D eigenvalue weighted by Gasteiger charge is -2.20. The van der Waals surface area contributed by atoms with Gasteiger partial charge in [-0.2, -0.15) is 4.72 Å². The Balaban J connectivity index is 1.62. The van der Waals surface area contributed by atoms with Crippen LogP contribution < -0.4 is 24.2 Å². The van der Waals surface area contributed by atoms with E-state index < -0.39 is 22.0 Å². The molecule has 0 bridgehead atoms. The Morgan fingerprint density at radius 3 is 2.58 bits per heavy atom. The summed E-state index contributed by atoms with van der Waals surface area (Å²) in [5.74, 6) is 0.642. The van der Waals surface area contributed by atoms with Crippen molar-refractivity contribution in [2.75, 3.05) is 19.2 Å². The SMILES string of the molecule is COc1ccc(Cl)cc1S(=O)(=O)N[C@@H](Cc1ccccc1)C(=O)Nc1ccc2c(c1)OCO2. The maximum Gasteiger partial charge on any atom is 0.245 e. The van der Waals surface area contributed by atoms with E-state index in [1.807, 2.05) is 30.3 Å². The van der Waals surface area contributed by atoms with E-state index in [0.29, 0.717) is 17.2 Å². The van der Waals surface area contributed by atoms with Gasteiger partial charge in [-0.25, -0.2) is 8.42 Å². The first-order valence-electron chi connectivity index (χ1n) is 9.96. The second kappa shape index (κ2) is 9.70. The monoisotopic (exact) mass is 488 g/mol. The van der Waals surface area contributed by atoms with Crippen molar-refractivity contribution in [1.82, 2.24) is 4.72 Å². The van der Waals surface area contributed by atoms with Crippen LogP contribution in [0.2, 0.25) is 5.02 Å². The third-order valence-corrected chi connectivity index (χ3v) is 6.68.